The third kappa shape index (κ3) is 3.65. The maximum absolute atomic E-state index is 12.1. The predicted molar refractivity (Wildman–Crippen MR) is 88.5 cm³/mol. The number of hydrogen-bond donors (Lipinski definition) is 2. The zero-order chi connectivity index (χ0) is 16.1. The average Bonchev–Trinajstić information content (AvgIpc) is 2.52. The maximum Gasteiger partial charge on any atom is 0.271 e. The number of hydrogen-bond acceptors (Lipinski definition) is 4. The van der Waals surface area contributed by atoms with E-state index in [1.54, 1.807) is 56.5 Å². The van der Waals surface area contributed by atoms with Crippen molar-refractivity contribution in [2.75, 3.05) is 7.11 Å². The Labute approximate surface area is 136 Å². The van der Waals surface area contributed by atoms with Gasteiger partial charge in [0.2, 0.25) is 0 Å². The van der Waals surface area contributed by atoms with Crippen LogP contribution < -0.4 is 10.2 Å². The van der Waals surface area contributed by atoms with Gasteiger partial charge in [-0.25, -0.2) is 5.43 Å². The number of phenols is 1. The van der Waals surface area contributed by atoms with Crippen LogP contribution in [0.15, 0.2) is 52.0 Å². The molecule has 0 fully saturated rings. The Kier molecular flexibility index (Phi) is 5.16. The van der Waals surface area contributed by atoms with Crippen molar-refractivity contribution in [1.29, 1.82) is 0 Å². The van der Waals surface area contributed by atoms with E-state index in [-0.39, 0.29) is 11.7 Å². The molecule has 0 aliphatic heterocycles. The molecule has 2 aromatic rings. The number of phenolic OH excluding ortho intramolecular Hbond substituents is 1. The standard InChI is InChI=1S/C16H15BrN2O3/c1-10(12-5-3-4-6-14(12)20)18-19-16(21)11-7-8-15(22-2)13(17)9-11/h3-9,20H,1-2H3,(H,19,21). The van der Waals surface area contributed by atoms with E-state index in [2.05, 4.69) is 26.5 Å². The number of benzene rings is 2. The van der Waals surface area contributed by atoms with Gasteiger partial charge in [0.25, 0.3) is 5.91 Å². The van der Waals surface area contributed by atoms with Gasteiger partial charge < -0.3 is 9.84 Å². The second-order valence-electron chi connectivity index (χ2n) is 4.50. The summed E-state index contributed by atoms with van der Waals surface area (Å²) in [6.07, 6.45) is 0. The van der Waals surface area contributed by atoms with Crippen LogP contribution in [-0.4, -0.2) is 23.8 Å². The minimum absolute atomic E-state index is 0.116. The molecule has 2 aromatic carbocycles. The van der Waals surface area contributed by atoms with Crippen molar-refractivity contribution in [3.8, 4) is 11.5 Å². The Morgan fingerprint density at radius 1 is 1.27 bits per heavy atom. The van der Waals surface area contributed by atoms with E-state index in [4.69, 9.17) is 4.74 Å². The van der Waals surface area contributed by atoms with Gasteiger partial charge in [-0.15, -0.1) is 0 Å². The van der Waals surface area contributed by atoms with Gasteiger partial charge in [-0.3, -0.25) is 4.79 Å². The number of carbonyl (C=O) groups is 1. The molecule has 0 atom stereocenters. The van der Waals surface area contributed by atoms with Crippen LogP contribution in [0.4, 0.5) is 0 Å². The molecule has 2 N–H and O–H groups in total. The second kappa shape index (κ2) is 7.09. The number of carbonyl (C=O) groups excluding carboxylic acids is 1. The zero-order valence-electron chi connectivity index (χ0n) is 12.1. The Morgan fingerprint density at radius 2 is 2.00 bits per heavy atom. The second-order valence-corrected chi connectivity index (χ2v) is 5.36. The van der Waals surface area contributed by atoms with Crippen molar-refractivity contribution in [3.05, 3.63) is 58.1 Å². The number of nitrogens with zero attached hydrogens (tertiary/aromatic N) is 1. The van der Waals surface area contributed by atoms with Crippen LogP contribution in [0.1, 0.15) is 22.8 Å². The van der Waals surface area contributed by atoms with Crippen molar-refractivity contribution in [3.63, 3.8) is 0 Å². The normalized spacial score (nSPS) is 11.1. The van der Waals surface area contributed by atoms with Gasteiger partial charge in [-0.1, -0.05) is 12.1 Å². The van der Waals surface area contributed by atoms with Gasteiger partial charge in [-0.05, 0) is 53.2 Å². The molecule has 0 saturated carbocycles. The molecule has 22 heavy (non-hydrogen) atoms. The van der Waals surface area contributed by atoms with E-state index >= 15 is 0 Å². The van der Waals surface area contributed by atoms with E-state index < -0.39 is 0 Å². The van der Waals surface area contributed by atoms with Gasteiger partial charge in [0.15, 0.2) is 0 Å². The first-order chi connectivity index (χ1) is 10.5. The predicted octanol–water partition coefficient (Wildman–Crippen LogP) is 3.32. The fourth-order valence-corrected chi connectivity index (χ4v) is 2.39. The highest BCUT2D eigenvalue weighted by molar-refractivity contribution is 9.10. The molecular formula is C16H15BrN2O3. The smallest absolute Gasteiger partial charge is 0.271 e. The largest absolute Gasteiger partial charge is 0.507 e. The summed E-state index contributed by atoms with van der Waals surface area (Å²) in [5, 5.41) is 13.8. The van der Waals surface area contributed by atoms with Crippen molar-refractivity contribution in [1.82, 2.24) is 5.43 Å². The number of rotatable bonds is 4. The van der Waals surface area contributed by atoms with E-state index in [0.717, 1.165) is 0 Å². The third-order valence-electron chi connectivity index (χ3n) is 3.03. The summed E-state index contributed by atoms with van der Waals surface area (Å²) in [6, 6.07) is 11.8. The highest BCUT2D eigenvalue weighted by Crippen LogP contribution is 2.25. The number of methoxy groups -OCH3 is 1. The SMILES string of the molecule is COc1ccc(C(=O)NN=C(C)c2ccccc2O)cc1Br. The Bertz CT molecular complexity index is 729. The molecule has 0 radical (unpaired) electrons. The maximum atomic E-state index is 12.1. The van der Waals surface area contributed by atoms with Crippen molar-refractivity contribution < 1.29 is 14.6 Å². The van der Waals surface area contributed by atoms with E-state index in [1.165, 1.54) is 0 Å². The summed E-state index contributed by atoms with van der Waals surface area (Å²) < 4.78 is 5.80. The molecule has 1 amide bonds. The van der Waals surface area contributed by atoms with Crippen LogP contribution >= 0.6 is 15.9 Å². The Balaban J connectivity index is 2.14. The van der Waals surface area contributed by atoms with Crippen molar-refractivity contribution in [2.24, 2.45) is 5.10 Å². The van der Waals surface area contributed by atoms with Crippen molar-refractivity contribution in [2.45, 2.75) is 6.92 Å². The van der Waals surface area contributed by atoms with Crippen LogP contribution in [-0.2, 0) is 0 Å². The van der Waals surface area contributed by atoms with Crippen LogP contribution in [0.25, 0.3) is 0 Å². The van der Waals surface area contributed by atoms with Crippen LogP contribution in [0.3, 0.4) is 0 Å². The molecule has 0 spiro atoms. The van der Waals surface area contributed by atoms with E-state index in [1.807, 2.05) is 0 Å². The lowest BCUT2D eigenvalue weighted by molar-refractivity contribution is 0.0954. The number of amides is 1. The van der Waals surface area contributed by atoms with Crippen molar-refractivity contribution >= 4 is 27.5 Å². The van der Waals surface area contributed by atoms with Crippen LogP contribution in [0.5, 0.6) is 11.5 Å². The Morgan fingerprint density at radius 3 is 2.64 bits per heavy atom. The lowest BCUT2D eigenvalue weighted by atomic mass is 10.1. The molecule has 6 heteroatoms. The van der Waals surface area contributed by atoms with Gasteiger partial charge in [0.05, 0.1) is 17.3 Å². The van der Waals surface area contributed by atoms with E-state index in [0.29, 0.717) is 27.1 Å². The fourth-order valence-electron chi connectivity index (χ4n) is 1.85. The van der Waals surface area contributed by atoms with Crippen LogP contribution in [0, 0.1) is 0 Å². The molecule has 0 unspecified atom stereocenters. The van der Waals surface area contributed by atoms with Gasteiger partial charge in [0, 0.05) is 11.1 Å². The molecule has 2 rings (SSSR count). The number of nitrogens with one attached hydrogen (secondary N) is 1. The summed E-state index contributed by atoms with van der Waals surface area (Å²) in [5.74, 6) is 0.411. The number of halogens is 1. The lowest BCUT2D eigenvalue weighted by Crippen LogP contribution is -2.19. The third-order valence-corrected chi connectivity index (χ3v) is 3.65. The topological polar surface area (TPSA) is 70.9 Å². The summed E-state index contributed by atoms with van der Waals surface area (Å²) in [6.45, 7) is 1.71. The number of hydrazone groups is 1. The molecule has 0 aromatic heterocycles. The number of aromatic hydroxyl groups is 1. The number of ether oxygens (including phenoxy) is 1. The molecule has 0 bridgehead atoms. The molecule has 0 aliphatic carbocycles. The first-order valence-electron chi connectivity index (χ1n) is 6.49. The summed E-state index contributed by atoms with van der Waals surface area (Å²) in [4.78, 5) is 12.1. The molecule has 0 saturated heterocycles. The minimum atomic E-state index is -0.349. The molecule has 0 heterocycles. The lowest BCUT2D eigenvalue weighted by Gasteiger charge is -2.07. The first kappa shape index (κ1) is 16.0. The van der Waals surface area contributed by atoms with Gasteiger partial charge in [-0.2, -0.15) is 5.10 Å². The highest BCUT2D eigenvalue weighted by Gasteiger charge is 2.09. The fraction of sp³-hybridized carbons (Fsp3) is 0.125. The molecule has 114 valence electrons. The number of para-hydroxylation sites is 1. The monoisotopic (exact) mass is 362 g/mol. The first-order valence-corrected chi connectivity index (χ1v) is 7.28. The summed E-state index contributed by atoms with van der Waals surface area (Å²) in [5.41, 5.74) is 3.99. The minimum Gasteiger partial charge on any atom is -0.507 e. The summed E-state index contributed by atoms with van der Waals surface area (Å²) in [7, 11) is 1.56. The average molecular weight is 363 g/mol. The summed E-state index contributed by atoms with van der Waals surface area (Å²) >= 11 is 3.33. The highest BCUT2D eigenvalue weighted by atomic mass is 79.9. The van der Waals surface area contributed by atoms with Gasteiger partial charge in [0.1, 0.15) is 11.5 Å². The quantitative estimate of drug-likeness (QED) is 0.647. The Hall–Kier alpha value is -2.34. The molecular weight excluding hydrogens is 348 g/mol. The van der Waals surface area contributed by atoms with Gasteiger partial charge >= 0.3 is 0 Å². The molecule has 5 nitrogen and oxygen atoms in total. The van der Waals surface area contributed by atoms with E-state index in [9.17, 15) is 9.90 Å². The zero-order valence-corrected chi connectivity index (χ0v) is 13.7. The molecule has 0 aliphatic rings. The van der Waals surface area contributed by atoms with Crippen LogP contribution in [0.2, 0.25) is 0 Å².